The summed E-state index contributed by atoms with van der Waals surface area (Å²) in [6.45, 7) is 5.37. The number of nitrogens with zero attached hydrogens (tertiary/aromatic N) is 2. The molecule has 0 saturated heterocycles. The molecule has 6 heteroatoms. The van der Waals surface area contributed by atoms with E-state index in [1.807, 2.05) is 0 Å². The minimum absolute atomic E-state index is 0.273. The average molecular weight is 258 g/mol. The molecule has 2 aromatic heterocycles. The smallest absolute Gasteiger partial charge is 0.387 e. The Hall–Kier alpha value is -1.72. The number of pyridine rings is 1. The van der Waals surface area contributed by atoms with E-state index in [9.17, 15) is 13.2 Å². The van der Waals surface area contributed by atoms with E-state index in [2.05, 4.69) is 9.72 Å². The van der Waals surface area contributed by atoms with Crippen molar-refractivity contribution < 1.29 is 17.9 Å². The van der Waals surface area contributed by atoms with Crippen molar-refractivity contribution in [2.45, 2.75) is 32.5 Å². The number of hydrogen-bond donors (Lipinski definition) is 0. The summed E-state index contributed by atoms with van der Waals surface area (Å²) in [5, 5.41) is 0. The van der Waals surface area contributed by atoms with Gasteiger partial charge in [0.05, 0.1) is 0 Å². The molecule has 0 radical (unpaired) electrons. The van der Waals surface area contributed by atoms with Gasteiger partial charge in [-0.05, 0) is 12.1 Å². The first-order chi connectivity index (χ1) is 8.18. The molecule has 0 bridgehead atoms. The van der Waals surface area contributed by atoms with Crippen molar-refractivity contribution in [3.63, 3.8) is 0 Å². The summed E-state index contributed by atoms with van der Waals surface area (Å²) in [5.41, 5.74) is 0.180. The van der Waals surface area contributed by atoms with Gasteiger partial charge in [-0.25, -0.2) is 4.98 Å². The van der Waals surface area contributed by atoms with E-state index >= 15 is 0 Å². The van der Waals surface area contributed by atoms with Crippen LogP contribution in [-0.2, 0) is 5.41 Å². The van der Waals surface area contributed by atoms with Gasteiger partial charge < -0.3 is 4.74 Å². The third kappa shape index (κ3) is 2.42. The zero-order chi connectivity index (χ0) is 13.6. The molecule has 0 atom stereocenters. The normalized spacial score (nSPS) is 13.0. The third-order valence-corrected chi connectivity index (χ3v) is 2.41. The molecule has 98 valence electrons. The van der Waals surface area contributed by atoms with Crippen LogP contribution in [0.4, 0.5) is 13.2 Å². The van der Waals surface area contributed by atoms with E-state index in [1.165, 1.54) is 10.6 Å². The predicted molar refractivity (Wildman–Crippen MR) is 60.6 cm³/mol. The van der Waals surface area contributed by atoms with Crippen LogP contribution < -0.4 is 4.74 Å². The molecule has 0 amide bonds. The van der Waals surface area contributed by atoms with Gasteiger partial charge in [0, 0.05) is 11.6 Å². The Morgan fingerprint density at radius 1 is 1.17 bits per heavy atom. The first-order valence-corrected chi connectivity index (χ1v) is 5.42. The Labute approximate surface area is 102 Å². The Morgan fingerprint density at radius 3 is 2.39 bits per heavy atom. The van der Waals surface area contributed by atoms with Crippen LogP contribution in [0, 0.1) is 0 Å². The van der Waals surface area contributed by atoms with Crippen LogP contribution in [0.25, 0.3) is 5.65 Å². The summed E-state index contributed by atoms with van der Waals surface area (Å²) in [4.78, 5) is 4.21. The lowest BCUT2D eigenvalue weighted by Gasteiger charge is -2.18. The lowest BCUT2D eigenvalue weighted by atomic mass is 9.92. The molecule has 0 N–H and O–H groups in total. The van der Waals surface area contributed by atoms with E-state index in [0.717, 1.165) is 0 Å². The van der Waals surface area contributed by atoms with Crippen molar-refractivity contribution in [1.82, 2.24) is 9.38 Å². The van der Waals surface area contributed by atoms with E-state index in [-0.39, 0.29) is 11.6 Å². The highest BCUT2D eigenvalue weighted by molar-refractivity contribution is 5.47. The van der Waals surface area contributed by atoms with Crippen molar-refractivity contribution in [3.05, 3.63) is 30.1 Å². The van der Waals surface area contributed by atoms with Crippen molar-refractivity contribution in [3.8, 4) is 5.88 Å². The quantitative estimate of drug-likeness (QED) is 0.782. The Morgan fingerprint density at radius 2 is 1.83 bits per heavy atom. The van der Waals surface area contributed by atoms with Crippen LogP contribution >= 0.6 is 0 Å². The fraction of sp³-hybridized carbons (Fsp3) is 0.417. The number of imidazole rings is 1. The number of halogens is 3. The second kappa shape index (κ2) is 3.90. The van der Waals surface area contributed by atoms with Crippen molar-refractivity contribution in [2.24, 2.45) is 0 Å². The van der Waals surface area contributed by atoms with E-state index < -0.39 is 11.8 Å². The van der Waals surface area contributed by atoms with E-state index in [0.29, 0.717) is 5.65 Å². The van der Waals surface area contributed by atoms with Crippen molar-refractivity contribution in [1.29, 1.82) is 0 Å². The lowest BCUT2D eigenvalue weighted by Crippen LogP contribution is -2.22. The van der Waals surface area contributed by atoms with Crippen molar-refractivity contribution in [2.75, 3.05) is 0 Å². The lowest BCUT2D eigenvalue weighted by molar-refractivity contribution is -0.276. The van der Waals surface area contributed by atoms with E-state index in [1.54, 1.807) is 39.0 Å². The topological polar surface area (TPSA) is 26.5 Å². The van der Waals surface area contributed by atoms with Gasteiger partial charge >= 0.3 is 6.36 Å². The van der Waals surface area contributed by atoms with Gasteiger partial charge in [0.25, 0.3) is 0 Å². The summed E-state index contributed by atoms with van der Waals surface area (Å²) < 4.78 is 42.8. The standard InChI is InChI=1S/C12H13F3N2O/c1-11(2,3)9-10(18-12(13,14)15)17-7-5-4-6-8(17)16-9/h4-7H,1-3H3. The molecule has 2 aromatic rings. The molecule has 0 aliphatic carbocycles. The number of ether oxygens (including phenoxy) is 1. The average Bonchev–Trinajstić information content (AvgIpc) is 2.55. The van der Waals surface area contributed by atoms with Gasteiger partial charge in [-0.1, -0.05) is 26.8 Å². The maximum atomic E-state index is 12.5. The number of rotatable bonds is 1. The summed E-state index contributed by atoms with van der Waals surface area (Å²) in [6.07, 6.45) is -3.23. The number of fused-ring (bicyclic) bond motifs is 1. The summed E-state index contributed by atoms with van der Waals surface area (Å²) in [6, 6.07) is 4.98. The molecule has 2 rings (SSSR count). The second-order valence-corrected chi connectivity index (χ2v) is 4.99. The summed E-state index contributed by atoms with van der Waals surface area (Å²) in [5.74, 6) is -0.273. The van der Waals surface area contributed by atoms with Crippen LogP contribution in [0.1, 0.15) is 26.5 Å². The molecule has 0 aliphatic heterocycles. The van der Waals surface area contributed by atoms with Crippen LogP contribution in [0.3, 0.4) is 0 Å². The number of aromatic nitrogens is 2. The zero-order valence-electron chi connectivity index (χ0n) is 10.2. The highest BCUT2D eigenvalue weighted by Gasteiger charge is 2.36. The Bertz CT molecular complexity index is 567. The van der Waals surface area contributed by atoms with Crippen LogP contribution in [0.2, 0.25) is 0 Å². The minimum Gasteiger partial charge on any atom is -0.387 e. The van der Waals surface area contributed by atoms with Gasteiger partial charge in [-0.2, -0.15) is 0 Å². The van der Waals surface area contributed by atoms with Gasteiger partial charge in [-0.15, -0.1) is 13.2 Å². The fourth-order valence-corrected chi connectivity index (χ4v) is 1.67. The largest absolute Gasteiger partial charge is 0.574 e. The SMILES string of the molecule is CC(C)(C)c1nc2ccccn2c1OC(F)(F)F. The molecule has 0 saturated carbocycles. The first kappa shape index (κ1) is 12.7. The van der Waals surface area contributed by atoms with Crippen LogP contribution in [0.5, 0.6) is 5.88 Å². The minimum atomic E-state index is -4.73. The number of alkyl halides is 3. The number of hydrogen-bond acceptors (Lipinski definition) is 2. The van der Waals surface area contributed by atoms with Crippen molar-refractivity contribution >= 4 is 5.65 Å². The van der Waals surface area contributed by atoms with Gasteiger partial charge in [0.2, 0.25) is 5.88 Å². The fourth-order valence-electron chi connectivity index (χ4n) is 1.67. The molecule has 0 spiro atoms. The molecule has 0 unspecified atom stereocenters. The zero-order valence-corrected chi connectivity index (χ0v) is 10.2. The molecule has 3 nitrogen and oxygen atoms in total. The van der Waals surface area contributed by atoms with Crippen LogP contribution in [0.15, 0.2) is 24.4 Å². The van der Waals surface area contributed by atoms with Gasteiger partial charge in [0.1, 0.15) is 11.3 Å². The van der Waals surface area contributed by atoms with E-state index in [4.69, 9.17) is 0 Å². The molecule has 0 aromatic carbocycles. The van der Waals surface area contributed by atoms with Gasteiger partial charge in [0.15, 0.2) is 0 Å². The second-order valence-electron chi connectivity index (χ2n) is 4.99. The van der Waals surface area contributed by atoms with Crippen LogP contribution in [-0.4, -0.2) is 15.7 Å². The Kier molecular flexibility index (Phi) is 2.76. The molecule has 2 heterocycles. The summed E-state index contributed by atoms with van der Waals surface area (Å²) in [7, 11) is 0. The maximum absolute atomic E-state index is 12.5. The highest BCUT2D eigenvalue weighted by Crippen LogP contribution is 2.34. The monoisotopic (exact) mass is 258 g/mol. The van der Waals surface area contributed by atoms with Gasteiger partial charge in [-0.3, -0.25) is 4.40 Å². The molecular formula is C12H13F3N2O. The third-order valence-electron chi connectivity index (χ3n) is 2.41. The maximum Gasteiger partial charge on any atom is 0.574 e. The predicted octanol–water partition coefficient (Wildman–Crippen LogP) is 3.53. The molecule has 0 fully saturated rings. The molecule has 0 aliphatic rings. The molecule has 18 heavy (non-hydrogen) atoms. The molecular weight excluding hydrogens is 245 g/mol. The first-order valence-electron chi connectivity index (χ1n) is 5.42. The highest BCUT2D eigenvalue weighted by atomic mass is 19.4. The Balaban J connectivity index is 2.66. The summed E-state index contributed by atoms with van der Waals surface area (Å²) >= 11 is 0.